The SMILES string of the molecule is CO[C@H]1CCC[C@H](NC(=O)Cn2cc(C(=O)c3ccc(F)cc3)c3ccncc32)C1. The highest BCUT2D eigenvalue weighted by molar-refractivity contribution is 6.16. The second-order valence-electron chi connectivity index (χ2n) is 7.69. The van der Waals surface area contributed by atoms with Gasteiger partial charge in [-0.15, -0.1) is 0 Å². The number of hydrogen-bond donors (Lipinski definition) is 1. The van der Waals surface area contributed by atoms with E-state index in [-0.39, 0.29) is 30.4 Å². The van der Waals surface area contributed by atoms with E-state index in [0.717, 1.165) is 25.7 Å². The van der Waals surface area contributed by atoms with Crippen LogP contribution in [0.2, 0.25) is 0 Å². The van der Waals surface area contributed by atoms with Crippen molar-refractivity contribution in [1.29, 1.82) is 0 Å². The van der Waals surface area contributed by atoms with Crippen LogP contribution in [0, 0.1) is 5.82 Å². The Morgan fingerprint density at radius 1 is 1.23 bits per heavy atom. The Kier molecular flexibility index (Phi) is 5.90. The number of rotatable bonds is 6. The maximum atomic E-state index is 13.2. The zero-order valence-corrected chi connectivity index (χ0v) is 16.8. The standard InChI is InChI=1S/C23H24FN3O3/c1-30-18-4-2-3-17(11-18)26-22(28)14-27-13-20(19-9-10-25-12-21(19)27)23(29)15-5-7-16(24)8-6-15/h5-10,12-13,17-18H,2-4,11,14H2,1H3,(H,26,28)/t17-,18-/m0/s1. The maximum absolute atomic E-state index is 13.2. The van der Waals surface area contributed by atoms with Crippen LogP contribution in [0.5, 0.6) is 0 Å². The van der Waals surface area contributed by atoms with Crippen molar-refractivity contribution in [1.82, 2.24) is 14.9 Å². The second-order valence-corrected chi connectivity index (χ2v) is 7.69. The summed E-state index contributed by atoms with van der Waals surface area (Å²) in [5.41, 5.74) is 1.56. The minimum Gasteiger partial charge on any atom is -0.381 e. The number of ketones is 1. The molecule has 1 amide bonds. The molecule has 0 radical (unpaired) electrons. The molecule has 7 heteroatoms. The number of carbonyl (C=O) groups excluding carboxylic acids is 2. The molecule has 0 saturated heterocycles. The molecule has 2 heterocycles. The van der Waals surface area contributed by atoms with Crippen LogP contribution in [-0.2, 0) is 16.1 Å². The third kappa shape index (κ3) is 4.26. The monoisotopic (exact) mass is 409 g/mol. The Morgan fingerprint density at radius 3 is 2.80 bits per heavy atom. The first-order valence-corrected chi connectivity index (χ1v) is 10.1. The molecule has 0 bridgehead atoms. The maximum Gasteiger partial charge on any atom is 0.240 e. The highest BCUT2D eigenvalue weighted by Gasteiger charge is 2.24. The average molecular weight is 409 g/mol. The van der Waals surface area contributed by atoms with Gasteiger partial charge in [-0.25, -0.2) is 4.39 Å². The van der Waals surface area contributed by atoms with Gasteiger partial charge in [-0.2, -0.15) is 0 Å². The number of methoxy groups -OCH3 is 1. The van der Waals surface area contributed by atoms with E-state index in [0.29, 0.717) is 22.0 Å². The molecule has 0 aliphatic heterocycles. The molecule has 4 rings (SSSR count). The minimum atomic E-state index is -0.395. The predicted octanol–water partition coefficient (Wildman–Crippen LogP) is 3.48. The molecule has 1 N–H and O–H groups in total. The van der Waals surface area contributed by atoms with Crippen molar-refractivity contribution in [2.75, 3.05) is 7.11 Å². The number of amides is 1. The number of hydrogen-bond acceptors (Lipinski definition) is 4. The quantitative estimate of drug-likeness (QED) is 0.633. The Morgan fingerprint density at radius 2 is 2.03 bits per heavy atom. The van der Waals surface area contributed by atoms with Crippen molar-refractivity contribution < 1.29 is 18.7 Å². The minimum absolute atomic E-state index is 0.0903. The van der Waals surface area contributed by atoms with E-state index in [1.807, 2.05) is 0 Å². The Bertz CT molecular complexity index is 1060. The van der Waals surface area contributed by atoms with Gasteiger partial charge in [0.15, 0.2) is 5.78 Å². The van der Waals surface area contributed by atoms with E-state index in [2.05, 4.69) is 10.3 Å². The number of carbonyl (C=O) groups is 2. The summed E-state index contributed by atoms with van der Waals surface area (Å²) in [7, 11) is 1.70. The number of fused-ring (bicyclic) bond motifs is 1. The van der Waals surface area contributed by atoms with Crippen molar-refractivity contribution >= 4 is 22.6 Å². The van der Waals surface area contributed by atoms with Gasteiger partial charge in [0, 0.05) is 42.1 Å². The summed E-state index contributed by atoms with van der Waals surface area (Å²) in [6.07, 6.45) is 8.91. The van der Waals surface area contributed by atoms with Gasteiger partial charge < -0.3 is 14.6 Å². The Labute approximate surface area is 174 Å². The van der Waals surface area contributed by atoms with Crippen LogP contribution in [0.4, 0.5) is 4.39 Å². The lowest BCUT2D eigenvalue weighted by molar-refractivity contribution is -0.122. The van der Waals surface area contributed by atoms with Crippen LogP contribution in [0.15, 0.2) is 48.9 Å². The normalized spacial score (nSPS) is 19.0. The molecule has 1 fully saturated rings. The smallest absolute Gasteiger partial charge is 0.240 e. The molecular formula is C23H24FN3O3. The highest BCUT2D eigenvalue weighted by Crippen LogP contribution is 2.24. The van der Waals surface area contributed by atoms with Gasteiger partial charge in [-0.05, 0) is 56.0 Å². The first-order chi connectivity index (χ1) is 14.5. The summed E-state index contributed by atoms with van der Waals surface area (Å²) in [5.74, 6) is -0.730. The fraction of sp³-hybridized carbons (Fsp3) is 0.348. The lowest BCUT2D eigenvalue weighted by Gasteiger charge is -2.28. The van der Waals surface area contributed by atoms with Gasteiger partial charge in [0.25, 0.3) is 0 Å². The van der Waals surface area contributed by atoms with E-state index in [1.54, 1.807) is 36.3 Å². The van der Waals surface area contributed by atoms with Gasteiger partial charge in [0.1, 0.15) is 12.4 Å². The molecule has 30 heavy (non-hydrogen) atoms. The summed E-state index contributed by atoms with van der Waals surface area (Å²) in [6.45, 7) is 0.0903. The Balaban J connectivity index is 1.55. The van der Waals surface area contributed by atoms with Crippen molar-refractivity contribution in [3.05, 3.63) is 65.9 Å². The summed E-state index contributed by atoms with van der Waals surface area (Å²) in [6, 6.07) is 7.30. The fourth-order valence-corrected chi connectivity index (χ4v) is 4.12. The fourth-order valence-electron chi connectivity index (χ4n) is 4.12. The highest BCUT2D eigenvalue weighted by atomic mass is 19.1. The van der Waals surface area contributed by atoms with E-state index in [4.69, 9.17) is 4.74 Å². The van der Waals surface area contributed by atoms with Gasteiger partial charge in [-0.3, -0.25) is 14.6 Å². The zero-order valence-electron chi connectivity index (χ0n) is 16.8. The first kappa shape index (κ1) is 20.2. The second kappa shape index (κ2) is 8.75. The van der Waals surface area contributed by atoms with Crippen LogP contribution in [0.1, 0.15) is 41.6 Å². The molecule has 156 valence electrons. The molecular weight excluding hydrogens is 385 g/mol. The summed E-state index contributed by atoms with van der Waals surface area (Å²) in [4.78, 5) is 29.8. The van der Waals surface area contributed by atoms with Gasteiger partial charge in [0.2, 0.25) is 5.91 Å². The van der Waals surface area contributed by atoms with Crippen molar-refractivity contribution in [3.8, 4) is 0 Å². The van der Waals surface area contributed by atoms with Crippen LogP contribution in [-0.4, -0.2) is 40.5 Å². The number of benzene rings is 1. The van der Waals surface area contributed by atoms with E-state index < -0.39 is 5.82 Å². The van der Waals surface area contributed by atoms with Crippen LogP contribution in [0.25, 0.3) is 10.9 Å². The number of pyridine rings is 1. The summed E-state index contributed by atoms with van der Waals surface area (Å²) in [5, 5.41) is 3.80. The van der Waals surface area contributed by atoms with Crippen molar-refractivity contribution in [2.24, 2.45) is 0 Å². The summed E-state index contributed by atoms with van der Waals surface area (Å²) >= 11 is 0. The van der Waals surface area contributed by atoms with E-state index in [9.17, 15) is 14.0 Å². The largest absolute Gasteiger partial charge is 0.381 e. The number of halogens is 1. The predicted molar refractivity (Wildman–Crippen MR) is 111 cm³/mol. The molecule has 2 aromatic heterocycles. The van der Waals surface area contributed by atoms with Gasteiger partial charge in [0.05, 0.1) is 17.8 Å². The molecule has 0 unspecified atom stereocenters. The van der Waals surface area contributed by atoms with E-state index in [1.165, 1.54) is 24.3 Å². The third-order valence-corrected chi connectivity index (χ3v) is 5.67. The zero-order chi connectivity index (χ0) is 21.1. The number of nitrogens with zero attached hydrogens (tertiary/aromatic N) is 2. The molecule has 1 saturated carbocycles. The van der Waals surface area contributed by atoms with Gasteiger partial charge >= 0.3 is 0 Å². The number of aromatic nitrogens is 2. The third-order valence-electron chi connectivity index (χ3n) is 5.67. The molecule has 1 aromatic carbocycles. The van der Waals surface area contributed by atoms with Crippen LogP contribution >= 0.6 is 0 Å². The molecule has 6 nitrogen and oxygen atoms in total. The topological polar surface area (TPSA) is 73.2 Å². The molecule has 1 aliphatic rings. The van der Waals surface area contributed by atoms with Crippen molar-refractivity contribution in [3.63, 3.8) is 0 Å². The molecule has 1 aliphatic carbocycles. The lowest BCUT2D eigenvalue weighted by Crippen LogP contribution is -2.41. The number of nitrogens with one attached hydrogen (secondary N) is 1. The molecule has 2 atom stereocenters. The van der Waals surface area contributed by atoms with E-state index >= 15 is 0 Å². The summed E-state index contributed by atoms with van der Waals surface area (Å²) < 4.78 is 20.4. The number of ether oxygens (including phenoxy) is 1. The van der Waals surface area contributed by atoms with Crippen molar-refractivity contribution in [2.45, 2.75) is 44.4 Å². The van der Waals surface area contributed by atoms with Crippen LogP contribution < -0.4 is 5.32 Å². The average Bonchev–Trinajstić information content (AvgIpc) is 3.12. The lowest BCUT2D eigenvalue weighted by atomic mass is 9.93. The Hall–Kier alpha value is -3.06. The van der Waals surface area contributed by atoms with Crippen LogP contribution in [0.3, 0.4) is 0 Å². The molecule has 3 aromatic rings. The van der Waals surface area contributed by atoms with Gasteiger partial charge in [-0.1, -0.05) is 0 Å². The first-order valence-electron chi connectivity index (χ1n) is 10.1. The molecule has 0 spiro atoms.